The predicted octanol–water partition coefficient (Wildman–Crippen LogP) is 10.7. The number of aromatic nitrogens is 3. The number of rotatable bonds is 3. The Labute approximate surface area is 256 Å². The van der Waals surface area contributed by atoms with Gasteiger partial charge in [0, 0.05) is 49.8 Å². The van der Waals surface area contributed by atoms with E-state index in [4.69, 9.17) is 18.8 Å². The molecule has 4 aromatic heterocycles. The van der Waals surface area contributed by atoms with Crippen molar-refractivity contribution in [1.29, 1.82) is 0 Å². The Balaban J connectivity index is 1.26. The smallest absolute Gasteiger partial charge is 0.180 e. The molecule has 0 N–H and O–H groups in total. The summed E-state index contributed by atoms with van der Waals surface area (Å²) in [7, 11) is 0. The van der Waals surface area contributed by atoms with Crippen LogP contribution in [0.1, 0.15) is 0 Å². The summed E-state index contributed by atoms with van der Waals surface area (Å²) < 4.78 is 15.2. The second-order valence-corrected chi connectivity index (χ2v) is 11.4. The van der Waals surface area contributed by atoms with Crippen LogP contribution in [0.2, 0.25) is 0 Å². The minimum atomic E-state index is 0.674. The average Bonchev–Trinajstić information content (AvgIpc) is 3.77. The molecule has 0 aliphatic rings. The maximum absolute atomic E-state index is 6.65. The number of hydrogen-bond donors (Lipinski definition) is 0. The Hall–Kier alpha value is -6.20. The van der Waals surface area contributed by atoms with Crippen LogP contribution in [-0.2, 0) is 0 Å². The highest BCUT2D eigenvalue weighted by Crippen LogP contribution is 2.42. The summed E-state index contributed by atoms with van der Waals surface area (Å²) in [5, 5.41) is 5.57. The fourth-order valence-electron chi connectivity index (χ4n) is 6.83. The molecule has 45 heavy (non-hydrogen) atoms. The number of benzene rings is 6. The van der Waals surface area contributed by atoms with Crippen molar-refractivity contribution in [2.45, 2.75) is 0 Å². The fourth-order valence-corrected chi connectivity index (χ4v) is 6.83. The Morgan fingerprint density at radius 3 is 2.04 bits per heavy atom. The molecule has 10 aromatic rings. The van der Waals surface area contributed by atoms with Gasteiger partial charge in [-0.05, 0) is 36.4 Å². The maximum atomic E-state index is 6.65. The molecule has 0 amide bonds. The molecule has 6 aromatic carbocycles. The standard InChI is InChI=1S/C40H23N3O2/c1-3-11-24(12-4-1)37-39-38(42-40(41-37)25-13-5-2-6-14-25)29-20-19-26(23-34(29)45-39)43-30-17-9-7-15-27(30)35-31(43)21-22-33-36(35)28-16-8-10-18-32(28)44-33/h1-23H. The minimum absolute atomic E-state index is 0.674. The predicted molar refractivity (Wildman–Crippen MR) is 182 cm³/mol. The van der Waals surface area contributed by atoms with Crippen molar-refractivity contribution in [2.75, 3.05) is 0 Å². The second kappa shape index (κ2) is 9.15. The lowest BCUT2D eigenvalue weighted by Gasteiger charge is -2.07. The molecule has 0 fully saturated rings. The highest BCUT2D eigenvalue weighted by atomic mass is 16.3. The summed E-state index contributed by atoms with van der Waals surface area (Å²) in [6, 6.07) is 47.8. The summed E-state index contributed by atoms with van der Waals surface area (Å²) in [4.78, 5) is 10.1. The first-order valence-corrected chi connectivity index (χ1v) is 15.0. The Bertz CT molecular complexity index is 2750. The molecule has 0 aliphatic carbocycles. The first-order chi connectivity index (χ1) is 22.3. The zero-order valence-corrected chi connectivity index (χ0v) is 23.9. The van der Waals surface area contributed by atoms with Gasteiger partial charge in [-0.2, -0.15) is 0 Å². The monoisotopic (exact) mass is 577 g/mol. The van der Waals surface area contributed by atoms with Crippen molar-refractivity contribution in [1.82, 2.24) is 14.5 Å². The molecule has 5 heteroatoms. The highest BCUT2D eigenvalue weighted by Gasteiger charge is 2.21. The zero-order valence-electron chi connectivity index (χ0n) is 23.9. The van der Waals surface area contributed by atoms with E-state index in [1.54, 1.807) is 0 Å². The third-order valence-corrected chi connectivity index (χ3v) is 8.81. The molecule has 0 saturated carbocycles. The van der Waals surface area contributed by atoms with E-state index in [0.717, 1.165) is 72.0 Å². The van der Waals surface area contributed by atoms with Gasteiger partial charge in [0.15, 0.2) is 11.4 Å². The fraction of sp³-hybridized carbons (Fsp3) is 0. The zero-order chi connectivity index (χ0) is 29.5. The van der Waals surface area contributed by atoms with E-state index in [1.165, 1.54) is 10.8 Å². The SMILES string of the molecule is c1ccc(-c2nc(-c3ccccc3)c3oc4cc(-n5c6ccccc6c6c7c(ccc65)oc5ccccc57)ccc4c3n2)cc1. The quantitative estimate of drug-likeness (QED) is 0.210. The average molecular weight is 578 g/mol. The minimum Gasteiger partial charge on any atom is -0.456 e. The summed E-state index contributed by atoms with van der Waals surface area (Å²) in [5.41, 5.74) is 10.0. The number of fused-ring (bicyclic) bond motifs is 10. The number of furan rings is 2. The van der Waals surface area contributed by atoms with Gasteiger partial charge in [-0.3, -0.25) is 0 Å². The van der Waals surface area contributed by atoms with Crippen LogP contribution in [0.4, 0.5) is 0 Å². The number of nitrogens with zero attached hydrogens (tertiary/aromatic N) is 3. The van der Waals surface area contributed by atoms with E-state index in [0.29, 0.717) is 11.4 Å². The molecule has 10 rings (SSSR count). The molecule has 210 valence electrons. The Morgan fingerprint density at radius 1 is 0.467 bits per heavy atom. The van der Waals surface area contributed by atoms with Crippen LogP contribution in [0.15, 0.2) is 148 Å². The van der Waals surface area contributed by atoms with Gasteiger partial charge in [0.2, 0.25) is 0 Å². The van der Waals surface area contributed by atoms with E-state index in [-0.39, 0.29) is 0 Å². The van der Waals surface area contributed by atoms with E-state index < -0.39 is 0 Å². The van der Waals surface area contributed by atoms with Crippen molar-refractivity contribution in [3.8, 4) is 28.3 Å². The molecular formula is C40H23N3O2. The summed E-state index contributed by atoms with van der Waals surface area (Å²) >= 11 is 0. The molecule has 0 bridgehead atoms. The highest BCUT2D eigenvalue weighted by molar-refractivity contribution is 6.27. The van der Waals surface area contributed by atoms with Crippen LogP contribution in [-0.4, -0.2) is 14.5 Å². The normalized spacial score (nSPS) is 12.0. The molecule has 0 saturated heterocycles. The van der Waals surface area contributed by atoms with Crippen molar-refractivity contribution < 1.29 is 8.83 Å². The van der Waals surface area contributed by atoms with Gasteiger partial charge >= 0.3 is 0 Å². The van der Waals surface area contributed by atoms with E-state index in [9.17, 15) is 0 Å². The van der Waals surface area contributed by atoms with Crippen LogP contribution in [0.25, 0.3) is 94.1 Å². The van der Waals surface area contributed by atoms with Gasteiger partial charge in [0.25, 0.3) is 0 Å². The summed E-state index contributed by atoms with van der Waals surface area (Å²) in [6.07, 6.45) is 0. The van der Waals surface area contributed by atoms with Crippen molar-refractivity contribution >= 4 is 65.8 Å². The van der Waals surface area contributed by atoms with Gasteiger partial charge in [-0.15, -0.1) is 0 Å². The molecule has 0 atom stereocenters. The van der Waals surface area contributed by atoms with Crippen molar-refractivity contribution in [3.05, 3.63) is 140 Å². The molecular weight excluding hydrogens is 554 g/mol. The van der Waals surface area contributed by atoms with E-state index in [2.05, 4.69) is 83.4 Å². The maximum Gasteiger partial charge on any atom is 0.180 e. The van der Waals surface area contributed by atoms with Crippen LogP contribution in [0.5, 0.6) is 0 Å². The molecule has 0 spiro atoms. The third-order valence-electron chi connectivity index (χ3n) is 8.81. The Kier molecular flexibility index (Phi) is 4.93. The van der Waals surface area contributed by atoms with Gasteiger partial charge < -0.3 is 13.4 Å². The molecule has 0 unspecified atom stereocenters. The van der Waals surface area contributed by atoms with Crippen LogP contribution < -0.4 is 0 Å². The lowest BCUT2D eigenvalue weighted by Crippen LogP contribution is -1.94. The van der Waals surface area contributed by atoms with Crippen LogP contribution in [0.3, 0.4) is 0 Å². The van der Waals surface area contributed by atoms with Gasteiger partial charge in [-0.1, -0.05) is 97.1 Å². The number of hydrogen-bond acceptors (Lipinski definition) is 4. The molecule has 5 nitrogen and oxygen atoms in total. The van der Waals surface area contributed by atoms with E-state index in [1.807, 2.05) is 60.7 Å². The first-order valence-electron chi connectivity index (χ1n) is 15.0. The first kappa shape index (κ1) is 24.3. The Morgan fingerprint density at radius 2 is 1.20 bits per heavy atom. The van der Waals surface area contributed by atoms with E-state index >= 15 is 0 Å². The van der Waals surface area contributed by atoms with Crippen LogP contribution >= 0.6 is 0 Å². The molecule has 0 aliphatic heterocycles. The van der Waals surface area contributed by atoms with Crippen molar-refractivity contribution in [2.24, 2.45) is 0 Å². The summed E-state index contributed by atoms with van der Waals surface area (Å²) in [6.45, 7) is 0. The lowest BCUT2D eigenvalue weighted by molar-refractivity contribution is 0.667. The summed E-state index contributed by atoms with van der Waals surface area (Å²) in [5.74, 6) is 0.674. The van der Waals surface area contributed by atoms with Gasteiger partial charge in [-0.25, -0.2) is 9.97 Å². The van der Waals surface area contributed by atoms with Crippen molar-refractivity contribution in [3.63, 3.8) is 0 Å². The molecule has 0 radical (unpaired) electrons. The molecule has 4 heterocycles. The van der Waals surface area contributed by atoms with Crippen LogP contribution in [0, 0.1) is 0 Å². The van der Waals surface area contributed by atoms with Gasteiger partial charge in [0.1, 0.15) is 28.0 Å². The second-order valence-electron chi connectivity index (χ2n) is 11.4. The van der Waals surface area contributed by atoms with Gasteiger partial charge in [0.05, 0.1) is 11.0 Å². The number of para-hydroxylation sites is 2. The lowest BCUT2D eigenvalue weighted by atomic mass is 10.1. The largest absolute Gasteiger partial charge is 0.456 e. The third kappa shape index (κ3) is 3.49. The topological polar surface area (TPSA) is 57.0 Å².